The number of hydrogen-bond acceptors (Lipinski definition) is 4. The first-order chi connectivity index (χ1) is 5.66. The lowest BCUT2D eigenvalue weighted by atomic mass is 10.0. The maximum atomic E-state index is 10.7. The summed E-state index contributed by atoms with van der Waals surface area (Å²) in [6.07, 6.45) is 0.252. The van der Waals surface area contributed by atoms with E-state index in [0.717, 1.165) is 12.2 Å². The highest BCUT2D eigenvalue weighted by molar-refractivity contribution is 7.99. The highest BCUT2D eigenvalue weighted by Gasteiger charge is 2.31. The van der Waals surface area contributed by atoms with Crippen molar-refractivity contribution in [3.63, 3.8) is 0 Å². The van der Waals surface area contributed by atoms with Crippen LogP contribution in [0.5, 0.6) is 0 Å². The van der Waals surface area contributed by atoms with Crippen molar-refractivity contribution in [1.29, 1.82) is 0 Å². The Bertz CT molecular complexity index is 168. The molecule has 1 unspecified atom stereocenters. The first-order valence-corrected chi connectivity index (χ1v) is 4.94. The van der Waals surface area contributed by atoms with Crippen LogP contribution in [-0.4, -0.2) is 42.0 Å². The van der Waals surface area contributed by atoms with Crippen LogP contribution in [-0.2, 0) is 4.74 Å². The number of thioether (sulfide) groups is 1. The molecule has 0 saturated carbocycles. The molecular formula is C7H13NO3S. The van der Waals surface area contributed by atoms with E-state index in [1.807, 2.05) is 0 Å². The van der Waals surface area contributed by atoms with E-state index in [0.29, 0.717) is 5.75 Å². The molecule has 1 fully saturated rings. The fraction of sp³-hybridized carbons (Fsp3) is 0.857. The number of carbonyl (C=O) groups excluding carboxylic acids is 1. The summed E-state index contributed by atoms with van der Waals surface area (Å²) in [6, 6.07) is 0. The molecule has 0 spiro atoms. The van der Waals surface area contributed by atoms with Crippen molar-refractivity contribution in [2.24, 2.45) is 0 Å². The summed E-state index contributed by atoms with van der Waals surface area (Å²) in [7, 11) is 1.31. The van der Waals surface area contributed by atoms with Crippen LogP contribution < -0.4 is 5.32 Å². The molecule has 1 heterocycles. The first kappa shape index (κ1) is 9.67. The zero-order valence-electron chi connectivity index (χ0n) is 7.00. The van der Waals surface area contributed by atoms with Crippen LogP contribution in [0.25, 0.3) is 0 Å². The molecule has 70 valence electrons. The maximum absolute atomic E-state index is 10.7. The fourth-order valence-corrected chi connectivity index (χ4v) is 2.34. The molecule has 12 heavy (non-hydrogen) atoms. The summed E-state index contributed by atoms with van der Waals surface area (Å²) in [5, 5.41) is 12.2. The van der Waals surface area contributed by atoms with Crippen LogP contribution >= 0.6 is 11.8 Å². The Hall–Kier alpha value is -0.420. The standard InChI is InChI=1S/C7H13NO3S/c1-11-6(9)8-4-7(10)2-3-12-5-7/h10H,2-5H2,1H3,(H,8,9). The fourth-order valence-electron chi connectivity index (χ4n) is 1.04. The highest BCUT2D eigenvalue weighted by atomic mass is 32.2. The van der Waals surface area contributed by atoms with Crippen molar-refractivity contribution < 1.29 is 14.6 Å². The summed E-state index contributed by atoms with van der Waals surface area (Å²) in [6.45, 7) is 0.284. The lowest BCUT2D eigenvalue weighted by Crippen LogP contribution is -2.42. The molecule has 0 radical (unpaired) electrons. The van der Waals surface area contributed by atoms with Gasteiger partial charge in [-0.1, -0.05) is 0 Å². The molecule has 1 rings (SSSR count). The molecule has 0 aromatic rings. The van der Waals surface area contributed by atoms with Gasteiger partial charge in [0.25, 0.3) is 0 Å². The highest BCUT2D eigenvalue weighted by Crippen LogP contribution is 2.26. The summed E-state index contributed by atoms with van der Waals surface area (Å²) >= 11 is 1.70. The summed E-state index contributed by atoms with van der Waals surface area (Å²) < 4.78 is 4.39. The summed E-state index contributed by atoms with van der Waals surface area (Å²) in [5.41, 5.74) is -0.723. The van der Waals surface area contributed by atoms with Crippen molar-refractivity contribution in [2.45, 2.75) is 12.0 Å². The number of rotatable bonds is 2. The number of aliphatic hydroxyl groups is 1. The molecule has 0 bridgehead atoms. The molecule has 2 N–H and O–H groups in total. The van der Waals surface area contributed by atoms with Gasteiger partial charge in [0.05, 0.1) is 19.3 Å². The van der Waals surface area contributed by atoms with Crippen LogP contribution in [0.4, 0.5) is 4.79 Å². The SMILES string of the molecule is COC(=O)NCC1(O)CCSC1. The van der Waals surface area contributed by atoms with E-state index >= 15 is 0 Å². The van der Waals surface area contributed by atoms with Gasteiger partial charge in [-0.3, -0.25) is 0 Å². The largest absolute Gasteiger partial charge is 0.453 e. The van der Waals surface area contributed by atoms with Gasteiger partial charge >= 0.3 is 6.09 Å². The lowest BCUT2D eigenvalue weighted by molar-refractivity contribution is 0.0655. The zero-order valence-corrected chi connectivity index (χ0v) is 7.82. The second-order valence-corrected chi connectivity index (χ2v) is 3.98. The van der Waals surface area contributed by atoms with E-state index in [9.17, 15) is 9.90 Å². The molecule has 1 aliphatic rings. The van der Waals surface area contributed by atoms with E-state index in [-0.39, 0.29) is 6.54 Å². The van der Waals surface area contributed by atoms with Gasteiger partial charge in [0.2, 0.25) is 0 Å². The monoisotopic (exact) mass is 191 g/mol. The van der Waals surface area contributed by atoms with Gasteiger partial charge in [-0.25, -0.2) is 4.79 Å². The topological polar surface area (TPSA) is 58.6 Å². The third kappa shape index (κ3) is 2.57. The summed E-state index contributed by atoms with van der Waals surface area (Å²) in [5.74, 6) is 1.65. The molecule has 0 aliphatic carbocycles. The molecular weight excluding hydrogens is 178 g/mol. The number of amides is 1. The zero-order chi connectivity index (χ0) is 9.03. The van der Waals surface area contributed by atoms with Gasteiger partial charge in [0.1, 0.15) is 0 Å². The van der Waals surface area contributed by atoms with Crippen LogP contribution in [0, 0.1) is 0 Å². The Balaban J connectivity index is 2.25. The minimum absolute atomic E-state index is 0.284. The van der Waals surface area contributed by atoms with Crippen molar-refractivity contribution in [3.8, 4) is 0 Å². The van der Waals surface area contributed by atoms with E-state index in [1.54, 1.807) is 11.8 Å². The van der Waals surface area contributed by atoms with Gasteiger partial charge in [-0.15, -0.1) is 0 Å². The second-order valence-electron chi connectivity index (χ2n) is 2.87. The van der Waals surface area contributed by atoms with E-state index in [4.69, 9.17) is 0 Å². The first-order valence-electron chi connectivity index (χ1n) is 3.78. The number of methoxy groups -OCH3 is 1. The number of carbonyl (C=O) groups is 1. The van der Waals surface area contributed by atoms with E-state index in [2.05, 4.69) is 10.1 Å². The second kappa shape index (κ2) is 4.00. The number of alkyl carbamates (subject to hydrolysis) is 1. The molecule has 1 saturated heterocycles. The Morgan fingerprint density at radius 1 is 1.83 bits per heavy atom. The molecule has 1 amide bonds. The predicted octanol–water partition coefficient (Wildman–Crippen LogP) is 0.210. The van der Waals surface area contributed by atoms with Crippen molar-refractivity contribution >= 4 is 17.9 Å². The number of hydrogen-bond donors (Lipinski definition) is 2. The molecule has 1 aliphatic heterocycles. The summed E-state index contributed by atoms with van der Waals surface area (Å²) in [4.78, 5) is 10.7. The van der Waals surface area contributed by atoms with Gasteiger partial charge in [0.15, 0.2) is 0 Å². The van der Waals surface area contributed by atoms with Crippen LogP contribution in [0.2, 0.25) is 0 Å². The minimum Gasteiger partial charge on any atom is -0.453 e. The molecule has 0 aromatic heterocycles. The van der Waals surface area contributed by atoms with Crippen LogP contribution in [0.3, 0.4) is 0 Å². The van der Waals surface area contributed by atoms with Crippen LogP contribution in [0.1, 0.15) is 6.42 Å². The smallest absolute Gasteiger partial charge is 0.406 e. The Morgan fingerprint density at radius 3 is 3.08 bits per heavy atom. The molecule has 5 heteroatoms. The Kier molecular flexibility index (Phi) is 3.22. The average Bonchev–Trinajstić information content (AvgIpc) is 2.49. The number of nitrogens with one attached hydrogen (secondary N) is 1. The predicted molar refractivity (Wildman–Crippen MR) is 47.3 cm³/mol. The third-order valence-electron chi connectivity index (χ3n) is 1.83. The van der Waals surface area contributed by atoms with Crippen molar-refractivity contribution in [2.75, 3.05) is 25.2 Å². The Morgan fingerprint density at radius 2 is 2.58 bits per heavy atom. The molecule has 0 aromatic carbocycles. The normalized spacial score (nSPS) is 28.5. The van der Waals surface area contributed by atoms with E-state index < -0.39 is 11.7 Å². The third-order valence-corrected chi connectivity index (χ3v) is 3.06. The van der Waals surface area contributed by atoms with E-state index in [1.165, 1.54) is 7.11 Å². The van der Waals surface area contributed by atoms with Gasteiger partial charge in [0, 0.05) is 5.75 Å². The van der Waals surface area contributed by atoms with Gasteiger partial charge in [-0.05, 0) is 12.2 Å². The average molecular weight is 191 g/mol. The minimum atomic E-state index is -0.723. The lowest BCUT2D eigenvalue weighted by Gasteiger charge is -2.20. The quantitative estimate of drug-likeness (QED) is 0.655. The van der Waals surface area contributed by atoms with Gasteiger partial charge < -0.3 is 15.2 Å². The van der Waals surface area contributed by atoms with Crippen molar-refractivity contribution in [1.82, 2.24) is 5.32 Å². The Labute approximate surface area is 75.7 Å². The van der Waals surface area contributed by atoms with Crippen molar-refractivity contribution in [3.05, 3.63) is 0 Å². The number of ether oxygens (including phenoxy) is 1. The molecule has 4 nitrogen and oxygen atoms in total. The maximum Gasteiger partial charge on any atom is 0.406 e. The van der Waals surface area contributed by atoms with Gasteiger partial charge in [-0.2, -0.15) is 11.8 Å². The molecule has 1 atom stereocenters. The van der Waals surface area contributed by atoms with Crippen LogP contribution in [0.15, 0.2) is 0 Å².